The minimum Gasteiger partial charge on any atom is -0.431 e. The van der Waals surface area contributed by atoms with Crippen LogP contribution < -0.4 is 0 Å². The normalized spacial score (nSPS) is 15.7. The third-order valence-corrected chi connectivity index (χ3v) is 7.58. The molecule has 7 nitrogen and oxygen atoms in total. The van der Waals surface area contributed by atoms with Crippen molar-refractivity contribution in [2.24, 2.45) is 0 Å². The van der Waals surface area contributed by atoms with E-state index in [0.717, 1.165) is 0 Å². The summed E-state index contributed by atoms with van der Waals surface area (Å²) in [6.07, 6.45) is 0. The van der Waals surface area contributed by atoms with Gasteiger partial charge in [-0.15, -0.1) is 0 Å². The molecule has 0 aliphatic carbocycles. The molecule has 0 bridgehead atoms. The topological polar surface area (TPSA) is 83.7 Å². The van der Waals surface area contributed by atoms with Crippen LogP contribution >= 0.6 is 23.4 Å². The summed E-state index contributed by atoms with van der Waals surface area (Å²) >= 11 is 7.15. The van der Waals surface area contributed by atoms with E-state index in [9.17, 15) is 13.2 Å². The number of piperazine rings is 1. The zero-order valence-corrected chi connectivity index (χ0v) is 17.7. The van der Waals surface area contributed by atoms with Crippen molar-refractivity contribution in [2.75, 3.05) is 31.9 Å². The molecule has 0 N–H and O–H groups in total. The maximum Gasteiger partial charge on any atom is 0.257 e. The smallest absolute Gasteiger partial charge is 0.257 e. The van der Waals surface area contributed by atoms with Crippen LogP contribution in [0.5, 0.6) is 0 Å². The molecule has 2 aromatic carbocycles. The lowest BCUT2D eigenvalue weighted by atomic mass is 10.3. The van der Waals surface area contributed by atoms with E-state index >= 15 is 0 Å². The first-order valence-electron chi connectivity index (χ1n) is 8.95. The fourth-order valence-corrected chi connectivity index (χ4v) is 5.42. The van der Waals surface area contributed by atoms with Crippen molar-refractivity contribution in [1.29, 1.82) is 0 Å². The Morgan fingerprint density at radius 3 is 2.55 bits per heavy atom. The number of benzene rings is 2. The molecule has 4 rings (SSSR count). The fourth-order valence-electron chi connectivity index (χ4n) is 3.07. The highest BCUT2D eigenvalue weighted by Gasteiger charge is 2.30. The second kappa shape index (κ2) is 8.35. The van der Waals surface area contributed by atoms with Gasteiger partial charge in [0.15, 0.2) is 5.58 Å². The van der Waals surface area contributed by atoms with Crippen LogP contribution in [0.3, 0.4) is 0 Å². The molecule has 0 unspecified atom stereocenters. The highest BCUT2D eigenvalue weighted by atomic mass is 35.5. The zero-order valence-electron chi connectivity index (χ0n) is 15.3. The highest BCUT2D eigenvalue weighted by molar-refractivity contribution is 7.99. The van der Waals surface area contributed by atoms with Gasteiger partial charge in [0.05, 0.1) is 10.6 Å². The van der Waals surface area contributed by atoms with Crippen molar-refractivity contribution in [3.05, 3.63) is 53.6 Å². The van der Waals surface area contributed by atoms with Crippen LogP contribution in [0, 0.1) is 0 Å². The van der Waals surface area contributed by atoms with E-state index in [1.807, 2.05) is 0 Å². The first-order valence-corrected chi connectivity index (χ1v) is 11.8. The Labute approximate surface area is 177 Å². The minimum absolute atomic E-state index is 0.0768. The van der Waals surface area contributed by atoms with Gasteiger partial charge >= 0.3 is 0 Å². The molecule has 3 aromatic rings. The van der Waals surface area contributed by atoms with Crippen LogP contribution in [0.15, 0.2) is 63.1 Å². The van der Waals surface area contributed by atoms with Gasteiger partial charge in [-0.2, -0.15) is 4.31 Å². The number of fused-ring (bicyclic) bond motifs is 1. The van der Waals surface area contributed by atoms with Gasteiger partial charge in [0.2, 0.25) is 15.9 Å². The number of hydrogen-bond donors (Lipinski definition) is 0. The van der Waals surface area contributed by atoms with E-state index in [1.54, 1.807) is 53.4 Å². The number of hydrogen-bond acceptors (Lipinski definition) is 6. The molecule has 1 amide bonds. The van der Waals surface area contributed by atoms with Crippen LogP contribution in [-0.2, 0) is 14.8 Å². The van der Waals surface area contributed by atoms with E-state index in [0.29, 0.717) is 34.4 Å². The molecule has 0 saturated carbocycles. The summed E-state index contributed by atoms with van der Waals surface area (Å²) in [5, 5.41) is 0.963. The van der Waals surface area contributed by atoms with E-state index < -0.39 is 10.0 Å². The molecule has 1 fully saturated rings. The van der Waals surface area contributed by atoms with Gasteiger partial charge in [0, 0.05) is 37.3 Å². The molecule has 0 spiro atoms. The SMILES string of the molecule is O=C(CSc1nc2ccc(Cl)cc2o1)N1CCN(S(=O)(=O)c2ccccc2)CC1. The molecule has 1 aromatic heterocycles. The molecule has 1 saturated heterocycles. The Morgan fingerprint density at radius 1 is 1.10 bits per heavy atom. The lowest BCUT2D eigenvalue weighted by molar-refractivity contribution is -0.129. The number of sulfonamides is 1. The van der Waals surface area contributed by atoms with Gasteiger partial charge in [0.25, 0.3) is 5.22 Å². The molecule has 1 aliphatic rings. The molecule has 152 valence electrons. The standard InChI is InChI=1S/C19H18ClN3O4S2/c20-14-6-7-16-17(12-14)27-19(21-16)28-13-18(24)22-8-10-23(11-9-22)29(25,26)15-4-2-1-3-5-15/h1-7,12H,8-11,13H2. The zero-order chi connectivity index (χ0) is 20.4. The number of aromatic nitrogens is 1. The fraction of sp³-hybridized carbons (Fsp3) is 0.263. The Bertz CT molecular complexity index is 1130. The Kier molecular flexibility index (Phi) is 5.82. The predicted octanol–water partition coefficient (Wildman–Crippen LogP) is 3.11. The molecule has 0 radical (unpaired) electrons. The lowest BCUT2D eigenvalue weighted by Gasteiger charge is -2.33. The molecule has 0 atom stereocenters. The Hall–Kier alpha value is -2.07. The van der Waals surface area contributed by atoms with Gasteiger partial charge in [-0.3, -0.25) is 4.79 Å². The van der Waals surface area contributed by atoms with Crippen molar-refractivity contribution < 1.29 is 17.6 Å². The van der Waals surface area contributed by atoms with E-state index in [1.165, 1.54) is 16.1 Å². The second-order valence-corrected chi connectivity index (χ2v) is 9.78. The van der Waals surface area contributed by atoms with Crippen molar-refractivity contribution in [2.45, 2.75) is 10.1 Å². The number of nitrogens with zero attached hydrogens (tertiary/aromatic N) is 3. The summed E-state index contributed by atoms with van der Waals surface area (Å²) in [6, 6.07) is 13.5. The highest BCUT2D eigenvalue weighted by Crippen LogP contribution is 2.26. The molecular formula is C19H18ClN3O4S2. The van der Waals surface area contributed by atoms with Crippen LogP contribution in [0.25, 0.3) is 11.1 Å². The number of halogens is 1. The number of oxazole rings is 1. The van der Waals surface area contributed by atoms with Crippen LogP contribution in [0.4, 0.5) is 0 Å². The van der Waals surface area contributed by atoms with Crippen molar-refractivity contribution in [1.82, 2.24) is 14.2 Å². The van der Waals surface area contributed by atoms with E-state index in [2.05, 4.69) is 4.98 Å². The predicted molar refractivity (Wildman–Crippen MR) is 112 cm³/mol. The molecule has 1 aliphatic heterocycles. The summed E-state index contributed by atoms with van der Waals surface area (Å²) in [7, 11) is -3.53. The minimum atomic E-state index is -3.53. The lowest BCUT2D eigenvalue weighted by Crippen LogP contribution is -2.50. The number of carbonyl (C=O) groups is 1. The summed E-state index contributed by atoms with van der Waals surface area (Å²) in [5.41, 5.74) is 1.26. The molecule has 2 heterocycles. The quantitative estimate of drug-likeness (QED) is 0.554. The maximum atomic E-state index is 12.7. The van der Waals surface area contributed by atoms with Gasteiger partial charge < -0.3 is 9.32 Å². The average molecular weight is 452 g/mol. The van der Waals surface area contributed by atoms with E-state index in [4.69, 9.17) is 16.0 Å². The number of carbonyl (C=O) groups excluding carboxylic acids is 1. The first kappa shape index (κ1) is 20.2. The van der Waals surface area contributed by atoms with Gasteiger partial charge in [-0.25, -0.2) is 13.4 Å². The average Bonchev–Trinajstić information content (AvgIpc) is 3.14. The van der Waals surface area contributed by atoms with Gasteiger partial charge in [0.1, 0.15) is 5.52 Å². The first-order chi connectivity index (χ1) is 13.9. The van der Waals surface area contributed by atoms with Gasteiger partial charge in [-0.1, -0.05) is 41.6 Å². The maximum absolute atomic E-state index is 12.7. The van der Waals surface area contributed by atoms with Gasteiger partial charge in [-0.05, 0) is 24.3 Å². The second-order valence-electron chi connectivity index (χ2n) is 6.48. The molecule has 10 heteroatoms. The molecular weight excluding hydrogens is 434 g/mol. The van der Waals surface area contributed by atoms with Crippen molar-refractivity contribution in [3.8, 4) is 0 Å². The summed E-state index contributed by atoms with van der Waals surface area (Å²) < 4.78 is 32.4. The number of rotatable bonds is 5. The van der Waals surface area contributed by atoms with Crippen molar-refractivity contribution in [3.63, 3.8) is 0 Å². The summed E-state index contributed by atoms with van der Waals surface area (Å²) in [4.78, 5) is 18.8. The van der Waals surface area contributed by atoms with E-state index in [-0.39, 0.29) is 29.6 Å². The monoisotopic (exact) mass is 451 g/mol. The van der Waals surface area contributed by atoms with Crippen LogP contribution in [-0.4, -0.2) is 60.4 Å². The number of thioether (sulfide) groups is 1. The summed E-state index contributed by atoms with van der Waals surface area (Å²) in [6.45, 7) is 1.26. The third kappa shape index (κ3) is 4.42. The summed E-state index contributed by atoms with van der Waals surface area (Å²) in [5.74, 6) is 0.0958. The Morgan fingerprint density at radius 2 is 1.83 bits per heavy atom. The Balaban J connectivity index is 1.33. The van der Waals surface area contributed by atoms with Crippen LogP contribution in [0.1, 0.15) is 0 Å². The molecule has 29 heavy (non-hydrogen) atoms. The largest absolute Gasteiger partial charge is 0.431 e. The van der Waals surface area contributed by atoms with Crippen molar-refractivity contribution >= 4 is 50.4 Å². The third-order valence-electron chi connectivity index (χ3n) is 4.62. The van der Waals surface area contributed by atoms with Crippen LogP contribution in [0.2, 0.25) is 5.02 Å². The number of amides is 1.